The lowest BCUT2D eigenvalue weighted by atomic mass is 10.1. The lowest BCUT2D eigenvalue weighted by molar-refractivity contribution is -0.144. The summed E-state index contributed by atoms with van der Waals surface area (Å²) in [5, 5.41) is 8.60. The molecular formula is C14H11F2NO4. The van der Waals surface area contributed by atoms with Crippen LogP contribution in [0.3, 0.4) is 0 Å². The summed E-state index contributed by atoms with van der Waals surface area (Å²) in [6.07, 6.45) is -1.18. The van der Waals surface area contributed by atoms with Gasteiger partial charge < -0.3 is 5.11 Å². The maximum absolute atomic E-state index is 12.4. The fourth-order valence-electron chi connectivity index (χ4n) is 1.99. The van der Waals surface area contributed by atoms with Gasteiger partial charge in [0.2, 0.25) is 0 Å². The Morgan fingerprint density at radius 1 is 1.19 bits per heavy atom. The SMILES string of the molecule is O=C(O)C(C=CCN1C(=O)c2ccccc2C1=O)C(F)F. The highest BCUT2D eigenvalue weighted by Crippen LogP contribution is 2.22. The normalized spacial score (nSPS) is 15.9. The van der Waals surface area contributed by atoms with Gasteiger partial charge in [0.1, 0.15) is 5.92 Å². The molecule has 0 aliphatic carbocycles. The molecule has 1 N–H and O–H groups in total. The molecular weight excluding hydrogens is 284 g/mol. The van der Waals surface area contributed by atoms with E-state index in [0.29, 0.717) is 0 Å². The molecule has 0 bridgehead atoms. The highest BCUT2D eigenvalue weighted by atomic mass is 19.3. The minimum atomic E-state index is -3.05. The molecule has 2 amide bonds. The first kappa shape index (κ1) is 14.8. The van der Waals surface area contributed by atoms with Crippen molar-refractivity contribution in [2.75, 3.05) is 6.54 Å². The topological polar surface area (TPSA) is 74.7 Å². The molecule has 5 nitrogen and oxygen atoms in total. The first-order valence-corrected chi connectivity index (χ1v) is 6.06. The quantitative estimate of drug-likeness (QED) is 0.664. The molecule has 110 valence electrons. The lowest BCUT2D eigenvalue weighted by Gasteiger charge is -2.11. The molecule has 1 unspecified atom stereocenters. The Kier molecular flexibility index (Phi) is 4.11. The van der Waals surface area contributed by atoms with Crippen LogP contribution in [-0.4, -0.2) is 40.8 Å². The summed E-state index contributed by atoms with van der Waals surface area (Å²) in [4.78, 5) is 35.4. The number of benzene rings is 1. The summed E-state index contributed by atoms with van der Waals surface area (Å²) in [6, 6.07) is 6.22. The smallest absolute Gasteiger partial charge is 0.316 e. The van der Waals surface area contributed by atoms with Crippen molar-refractivity contribution in [2.24, 2.45) is 5.92 Å². The van der Waals surface area contributed by atoms with Gasteiger partial charge in [-0.25, -0.2) is 8.78 Å². The van der Waals surface area contributed by atoms with Gasteiger partial charge in [-0.3, -0.25) is 19.3 Å². The third kappa shape index (κ3) is 2.81. The second-order valence-electron chi connectivity index (χ2n) is 4.39. The van der Waals surface area contributed by atoms with Crippen molar-refractivity contribution in [2.45, 2.75) is 6.43 Å². The monoisotopic (exact) mass is 295 g/mol. The average Bonchev–Trinajstić information content (AvgIpc) is 2.67. The van der Waals surface area contributed by atoms with Crippen LogP contribution in [-0.2, 0) is 4.79 Å². The van der Waals surface area contributed by atoms with Crippen molar-refractivity contribution in [1.29, 1.82) is 0 Å². The number of carbonyl (C=O) groups is 3. The predicted octanol–water partition coefficient (Wildman–Crippen LogP) is 1.80. The first-order chi connectivity index (χ1) is 9.93. The van der Waals surface area contributed by atoms with Gasteiger partial charge in [0.25, 0.3) is 18.2 Å². The maximum atomic E-state index is 12.4. The highest BCUT2D eigenvalue weighted by molar-refractivity contribution is 6.21. The molecule has 0 aromatic heterocycles. The summed E-state index contributed by atoms with van der Waals surface area (Å²) in [7, 11) is 0. The van der Waals surface area contributed by atoms with E-state index >= 15 is 0 Å². The number of fused-ring (bicyclic) bond motifs is 1. The van der Waals surface area contributed by atoms with E-state index in [2.05, 4.69) is 0 Å². The van der Waals surface area contributed by atoms with Gasteiger partial charge in [0.15, 0.2) is 0 Å². The number of rotatable bonds is 5. The van der Waals surface area contributed by atoms with Crippen LogP contribution in [0.1, 0.15) is 20.7 Å². The number of hydrogen-bond acceptors (Lipinski definition) is 3. The zero-order valence-electron chi connectivity index (χ0n) is 10.7. The molecule has 1 aromatic rings. The van der Waals surface area contributed by atoms with E-state index in [0.717, 1.165) is 17.1 Å². The lowest BCUT2D eigenvalue weighted by Crippen LogP contribution is -2.30. The molecule has 0 spiro atoms. The molecule has 0 saturated carbocycles. The van der Waals surface area contributed by atoms with Gasteiger partial charge in [0.05, 0.1) is 11.1 Å². The van der Waals surface area contributed by atoms with Gasteiger partial charge in [-0.15, -0.1) is 0 Å². The molecule has 1 aromatic carbocycles. The summed E-state index contributed by atoms with van der Waals surface area (Å²) in [5.74, 6) is -4.67. The standard InChI is InChI=1S/C14H11F2NO4/c15-11(16)10(14(20)21)6-3-7-17-12(18)8-4-1-2-5-9(8)13(17)19/h1-6,10-11H,7H2,(H,20,21). The molecule has 0 saturated heterocycles. The van der Waals surface area contributed by atoms with Gasteiger partial charge in [-0.1, -0.05) is 24.3 Å². The van der Waals surface area contributed by atoms with Crippen molar-refractivity contribution in [1.82, 2.24) is 4.90 Å². The minimum Gasteiger partial charge on any atom is -0.481 e. The average molecular weight is 295 g/mol. The zero-order chi connectivity index (χ0) is 15.6. The number of carboxylic acids is 1. The Hall–Kier alpha value is -2.57. The predicted molar refractivity (Wildman–Crippen MR) is 68.1 cm³/mol. The van der Waals surface area contributed by atoms with Gasteiger partial charge in [-0.05, 0) is 12.1 Å². The number of amides is 2. The minimum absolute atomic E-state index is 0.247. The number of halogens is 2. The number of alkyl halides is 2. The van der Waals surface area contributed by atoms with E-state index in [1.54, 1.807) is 12.1 Å². The molecule has 21 heavy (non-hydrogen) atoms. The van der Waals surface area contributed by atoms with Crippen LogP contribution >= 0.6 is 0 Å². The van der Waals surface area contributed by atoms with Crippen molar-refractivity contribution in [3.8, 4) is 0 Å². The third-order valence-corrected chi connectivity index (χ3v) is 3.07. The maximum Gasteiger partial charge on any atom is 0.316 e. The number of aliphatic carboxylic acids is 1. The van der Waals surface area contributed by atoms with Crippen molar-refractivity contribution in [3.05, 3.63) is 47.5 Å². The molecule has 1 atom stereocenters. The van der Waals surface area contributed by atoms with Crippen LogP contribution in [0.2, 0.25) is 0 Å². The highest BCUT2D eigenvalue weighted by Gasteiger charge is 2.34. The third-order valence-electron chi connectivity index (χ3n) is 3.07. The van der Waals surface area contributed by atoms with E-state index < -0.39 is 30.1 Å². The van der Waals surface area contributed by atoms with Crippen LogP contribution in [0.4, 0.5) is 8.78 Å². The number of nitrogens with zero attached hydrogens (tertiary/aromatic N) is 1. The molecule has 0 radical (unpaired) electrons. The molecule has 7 heteroatoms. The second-order valence-corrected chi connectivity index (χ2v) is 4.39. The summed E-state index contributed by atoms with van der Waals surface area (Å²) in [5.41, 5.74) is 0.499. The van der Waals surface area contributed by atoms with Gasteiger partial charge >= 0.3 is 5.97 Å². The van der Waals surface area contributed by atoms with Crippen LogP contribution in [0, 0.1) is 5.92 Å². The van der Waals surface area contributed by atoms with Crippen LogP contribution < -0.4 is 0 Å². The molecule has 1 heterocycles. The molecule has 1 aliphatic rings. The van der Waals surface area contributed by atoms with E-state index in [9.17, 15) is 23.2 Å². The van der Waals surface area contributed by atoms with Crippen LogP contribution in [0.15, 0.2) is 36.4 Å². The van der Waals surface area contributed by atoms with Crippen molar-refractivity contribution < 1.29 is 28.3 Å². The fraction of sp³-hybridized carbons (Fsp3) is 0.214. The Labute approximate surface area is 118 Å². The van der Waals surface area contributed by atoms with E-state index in [4.69, 9.17) is 5.11 Å². The van der Waals surface area contributed by atoms with E-state index in [1.165, 1.54) is 12.1 Å². The molecule has 2 rings (SSSR count). The van der Waals surface area contributed by atoms with Gasteiger partial charge in [0, 0.05) is 6.54 Å². The zero-order valence-corrected chi connectivity index (χ0v) is 10.7. The fourth-order valence-corrected chi connectivity index (χ4v) is 1.99. The van der Waals surface area contributed by atoms with Crippen LogP contribution in [0.25, 0.3) is 0 Å². The largest absolute Gasteiger partial charge is 0.481 e. The molecule has 1 aliphatic heterocycles. The van der Waals surface area contributed by atoms with Crippen LogP contribution in [0.5, 0.6) is 0 Å². The Morgan fingerprint density at radius 2 is 1.71 bits per heavy atom. The summed E-state index contributed by atoms with van der Waals surface area (Å²) in [6.45, 7) is -0.247. The summed E-state index contributed by atoms with van der Waals surface area (Å²) < 4.78 is 24.9. The Bertz CT molecular complexity index is 592. The number of imide groups is 1. The van der Waals surface area contributed by atoms with Crippen molar-refractivity contribution in [3.63, 3.8) is 0 Å². The van der Waals surface area contributed by atoms with E-state index in [-0.39, 0.29) is 17.7 Å². The Balaban J connectivity index is 2.11. The Morgan fingerprint density at radius 3 is 2.14 bits per heavy atom. The van der Waals surface area contributed by atoms with E-state index in [1.807, 2.05) is 0 Å². The van der Waals surface area contributed by atoms with Crippen molar-refractivity contribution >= 4 is 17.8 Å². The summed E-state index contributed by atoms with van der Waals surface area (Å²) >= 11 is 0. The number of carbonyl (C=O) groups excluding carboxylic acids is 2. The van der Waals surface area contributed by atoms with Gasteiger partial charge in [-0.2, -0.15) is 0 Å². The first-order valence-electron chi connectivity index (χ1n) is 6.06. The molecule has 0 fully saturated rings. The second kappa shape index (κ2) is 5.82. The number of carboxylic acid groups (broad SMARTS) is 1. The number of hydrogen-bond donors (Lipinski definition) is 1.